The molecular formula is C20H13ClN4O7. The van der Waals surface area contributed by atoms with Gasteiger partial charge in [0.25, 0.3) is 16.9 Å². The molecule has 0 atom stereocenters. The quantitative estimate of drug-likeness (QED) is 0.405. The van der Waals surface area contributed by atoms with Crippen molar-refractivity contribution < 1.29 is 19.0 Å². The average Bonchev–Trinajstić information content (AvgIpc) is 3.21. The lowest BCUT2D eigenvalue weighted by atomic mass is 10.1. The second kappa shape index (κ2) is 9.25. The van der Waals surface area contributed by atoms with Gasteiger partial charge in [-0.2, -0.15) is 5.26 Å². The molecule has 0 unspecified atom stereocenters. The van der Waals surface area contributed by atoms with Gasteiger partial charge in [0.1, 0.15) is 28.8 Å². The number of nitro groups is 2. The van der Waals surface area contributed by atoms with Crippen molar-refractivity contribution in [2.75, 3.05) is 7.11 Å². The van der Waals surface area contributed by atoms with Gasteiger partial charge in [-0.15, -0.1) is 0 Å². The van der Waals surface area contributed by atoms with Gasteiger partial charge in [0.15, 0.2) is 0 Å². The Balaban J connectivity index is 2.05. The van der Waals surface area contributed by atoms with Crippen molar-refractivity contribution in [3.63, 3.8) is 0 Å². The van der Waals surface area contributed by atoms with Crippen LogP contribution in [-0.4, -0.2) is 21.9 Å². The van der Waals surface area contributed by atoms with E-state index in [2.05, 4.69) is 4.98 Å². The van der Waals surface area contributed by atoms with Crippen LogP contribution in [0.15, 0.2) is 39.5 Å². The number of nitrogens with zero attached hydrogens (tertiary/aromatic N) is 3. The third kappa shape index (κ3) is 4.41. The molecule has 0 aliphatic heterocycles. The molecule has 0 aliphatic rings. The van der Waals surface area contributed by atoms with Crippen molar-refractivity contribution in [1.82, 2.24) is 4.98 Å². The number of H-pyrrole nitrogens is 1. The molecule has 32 heavy (non-hydrogen) atoms. The number of hydrogen-bond donors (Lipinski definition) is 1. The van der Waals surface area contributed by atoms with Gasteiger partial charge in [-0.1, -0.05) is 11.6 Å². The van der Waals surface area contributed by atoms with E-state index in [0.29, 0.717) is 0 Å². The maximum absolute atomic E-state index is 12.2. The van der Waals surface area contributed by atoms with E-state index < -0.39 is 26.7 Å². The number of aromatic amines is 1. The monoisotopic (exact) mass is 456 g/mol. The summed E-state index contributed by atoms with van der Waals surface area (Å²) < 4.78 is 10.5. The minimum absolute atomic E-state index is 0.152. The van der Waals surface area contributed by atoms with Crippen molar-refractivity contribution in [2.24, 2.45) is 0 Å². The van der Waals surface area contributed by atoms with Crippen molar-refractivity contribution in [3.8, 4) is 17.4 Å². The SMILES string of the molecule is COCc1c([N+](=O)[O-])c(/C=C/c2ccc(-c3ccc(Cl)cc3[N+](=O)[O-])o2)[nH]c(=O)c1C#N. The standard InChI is InChI=1S/C20H13ClN4O7/c1-31-10-15-14(9-22)20(26)23-16(19(15)25(29)30)6-3-12-4-7-18(32-12)13-5-2-11(21)8-17(13)24(27)28/h2-8H,10H2,1H3,(H,23,26)/b6-3+. The predicted molar refractivity (Wildman–Crippen MR) is 114 cm³/mol. The fourth-order valence-corrected chi connectivity index (χ4v) is 3.18. The first kappa shape index (κ1) is 22.4. The highest BCUT2D eigenvalue weighted by molar-refractivity contribution is 6.30. The van der Waals surface area contributed by atoms with Crippen LogP contribution in [0.3, 0.4) is 0 Å². The molecule has 11 nitrogen and oxygen atoms in total. The minimum Gasteiger partial charge on any atom is -0.456 e. The molecule has 1 aromatic carbocycles. The normalized spacial score (nSPS) is 10.9. The predicted octanol–water partition coefficient (Wildman–Crippen LogP) is 4.29. The van der Waals surface area contributed by atoms with Crippen molar-refractivity contribution >= 4 is 35.1 Å². The number of ether oxygens (including phenoxy) is 1. The van der Waals surface area contributed by atoms with Crippen LogP contribution in [0.2, 0.25) is 5.02 Å². The van der Waals surface area contributed by atoms with Gasteiger partial charge in [-0.25, -0.2) is 0 Å². The van der Waals surface area contributed by atoms with E-state index in [1.807, 2.05) is 0 Å². The first-order chi connectivity index (χ1) is 15.3. The number of methoxy groups -OCH3 is 1. The molecule has 162 valence electrons. The Hall–Kier alpha value is -4.27. The van der Waals surface area contributed by atoms with Gasteiger partial charge in [0, 0.05) is 18.2 Å². The van der Waals surface area contributed by atoms with Crippen LogP contribution >= 0.6 is 11.6 Å². The Morgan fingerprint density at radius 2 is 1.97 bits per heavy atom. The summed E-state index contributed by atoms with van der Waals surface area (Å²) >= 11 is 5.82. The molecule has 0 bridgehead atoms. The van der Waals surface area contributed by atoms with Gasteiger partial charge in [0.05, 0.1) is 27.6 Å². The number of aromatic nitrogens is 1. The molecule has 3 rings (SSSR count). The largest absolute Gasteiger partial charge is 0.456 e. The van der Waals surface area contributed by atoms with Crippen LogP contribution < -0.4 is 5.56 Å². The van der Waals surface area contributed by atoms with E-state index in [1.54, 1.807) is 6.07 Å². The molecule has 3 aromatic rings. The van der Waals surface area contributed by atoms with Gasteiger partial charge in [-0.05, 0) is 36.4 Å². The number of nitro benzene ring substituents is 1. The first-order valence-corrected chi connectivity index (χ1v) is 9.19. The number of halogens is 1. The summed E-state index contributed by atoms with van der Waals surface area (Å²) in [5.41, 5.74) is -2.08. The van der Waals surface area contributed by atoms with E-state index in [4.69, 9.17) is 20.8 Å². The highest BCUT2D eigenvalue weighted by atomic mass is 35.5. The fourth-order valence-electron chi connectivity index (χ4n) is 3.01. The summed E-state index contributed by atoms with van der Waals surface area (Å²) in [6.07, 6.45) is 2.57. The average molecular weight is 457 g/mol. The highest BCUT2D eigenvalue weighted by Gasteiger charge is 2.25. The minimum atomic E-state index is -0.804. The summed E-state index contributed by atoms with van der Waals surface area (Å²) in [7, 11) is 1.28. The molecule has 2 aromatic heterocycles. The number of benzene rings is 1. The van der Waals surface area contributed by atoms with E-state index in [0.717, 1.165) is 0 Å². The lowest BCUT2D eigenvalue weighted by Gasteiger charge is -2.06. The maximum atomic E-state index is 12.2. The fraction of sp³-hybridized carbons (Fsp3) is 0.100. The third-order valence-electron chi connectivity index (χ3n) is 4.36. The smallest absolute Gasteiger partial charge is 0.299 e. The van der Waals surface area contributed by atoms with Crippen LogP contribution in [-0.2, 0) is 11.3 Å². The molecule has 0 spiro atoms. The van der Waals surface area contributed by atoms with Crippen LogP contribution in [0, 0.1) is 31.6 Å². The topological polar surface area (TPSA) is 165 Å². The molecule has 0 aliphatic carbocycles. The molecule has 2 heterocycles. The summed E-state index contributed by atoms with van der Waals surface area (Å²) in [6.45, 7) is -0.310. The summed E-state index contributed by atoms with van der Waals surface area (Å²) in [5, 5.41) is 32.3. The molecular weight excluding hydrogens is 444 g/mol. The third-order valence-corrected chi connectivity index (χ3v) is 4.60. The molecule has 0 fully saturated rings. The van der Waals surface area contributed by atoms with Crippen LogP contribution in [0.5, 0.6) is 0 Å². The molecule has 0 saturated heterocycles. The van der Waals surface area contributed by atoms with E-state index in [-0.39, 0.29) is 45.7 Å². The van der Waals surface area contributed by atoms with Crippen LogP contribution in [0.1, 0.15) is 22.6 Å². The molecule has 1 N–H and O–H groups in total. The lowest BCUT2D eigenvalue weighted by molar-refractivity contribution is -0.386. The molecule has 0 amide bonds. The first-order valence-electron chi connectivity index (χ1n) is 8.81. The maximum Gasteiger partial charge on any atom is 0.299 e. The molecule has 0 saturated carbocycles. The zero-order valence-corrected chi connectivity index (χ0v) is 17.1. The Morgan fingerprint density at radius 1 is 1.22 bits per heavy atom. The van der Waals surface area contributed by atoms with Crippen molar-refractivity contribution in [3.05, 3.63) is 88.5 Å². The Bertz CT molecular complexity index is 1350. The van der Waals surface area contributed by atoms with Crippen LogP contribution in [0.4, 0.5) is 11.4 Å². The lowest BCUT2D eigenvalue weighted by Crippen LogP contribution is -2.18. The van der Waals surface area contributed by atoms with E-state index in [9.17, 15) is 30.3 Å². The van der Waals surface area contributed by atoms with Gasteiger partial charge in [-0.3, -0.25) is 25.0 Å². The summed E-state index contributed by atoms with van der Waals surface area (Å²) in [4.78, 5) is 36.1. The second-order valence-corrected chi connectivity index (χ2v) is 6.76. The van der Waals surface area contributed by atoms with Crippen LogP contribution in [0.25, 0.3) is 23.5 Å². The number of rotatable bonds is 7. The molecule has 0 radical (unpaired) electrons. The van der Waals surface area contributed by atoms with Gasteiger partial charge < -0.3 is 14.1 Å². The molecule has 12 heteroatoms. The zero-order chi connectivity index (χ0) is 23.4. The zero-order valence-electron chi connectivity index (χ0n) is 16.3. The Morgan fingerprint density at radius 3 is 2.59 bits per heavy atom. The van der Waals surface area contributed by atoms with Gasteiger partial charge >= 0.3 is 0 Å². The van der Waals surface area contributed by atoms with E-state index >= 15 is 0 Å². The summed E-state index contributed by atoms with van der Waals surface area (Å²) in [5.74, 6) is 0.382. The van der Waals surface area contributed by atoms with Crippen molar-refractivity contribution in [2.45, 2.75) is 6.61 Å². The number of pyridine rings is 1. The number of hydrogen-bond acceptors (Lipinski definition) is 8. The Labute approximate surface area is 184 Å². The van der Waals surface area contributed by atoms with Gasteiger partial charge in [0.2, 0.25) is 0 Å². The Kier molecular flexibility index (Phi) is 6.48. The second-order valence-electron chi connectivity index (χ2n) is 6.33. The van der Waals surface area contributed by atoms with Crippen molar-refractivity contribution in [1.29, 1.82) is 5.26 Å². The number of nitriles is 1. The number of furan rings is 1. The highest BCUT2D eigenvalue weighted by Crippen LogP contribution is 2.34. The van der Waals surface area contributed by atoms with E-state index in [1.165, 1.54) is 49.6 Å². The number of nitrogens with one attached hydrogen (secondary N) is 1. The summed E-state index contributed by atoms with van der Waals surface area (Å²) in [6, 6.07) is 8.74.